The summed E-state index contributed by atoms with van der Waals surface area (Å²) in [5.74, 6) is -0.446. The Morgan fingerprint density at radius 3 is 2.38 bits per heavy atom. The molecule has 0 heterocycles. The highest BCUT2D eigenvalue weighted by molar-refractivity contribution is 6.04. The maximum absolute atomic E-state index is 12.2. The van der Waals surface area contributed by atoms with Crippen LogP contribution in [0.15, 0.2) is 24.3 Å². The second kappa shape index (κ2) is 7.78. The molecular weight excluding hydrogens is 266 g/mol. The maximum atomic E-state index is 12.2. The van der Waals surface area contributed by atoms with Crippen LogP contribution >= 0.6 is 0 Å². The zero-order valence-corrected chi connectivity index (χ0v) is 13.1. The number of nitrogens with two attached hydrogens (primary N) is 1. The second-order valence-electron chi connectivity index (χ2n) is 5.59. The Bertz CT molecular complexity index is 500. The van der Waals surface area contributed by atoms with Gasteiger partial charge in [0.2, 0.25) is 5.91 Å². The molecule has 0 aromatic heterocycles. The minimum Gasteiger partial charge on any atom is -0.350 e. The molecule has 116 valence electrons. The van der Waals surface area contributed by atoms with Crippen molar-refractivity contribution in [2.75, 3.05) is 5.32 Å². The van der Waals surface area contributed by atoms with Gasteiger partial charge in [0.15, 0.2) is 0 Å². The summed E-state index contributed by atoms with van der Waals surface area (Å²) in [6.45, 7) is 7.70. The van der Waals surface area contributed by atoms with Crippen LogP contribution in [-0.4, -0.2) is 23.9 Å². The van der Waals surface area contributed by atoms with Crippen LogP contribution in [0.1, 0.15) is 44.5 Å². The molecule has 0 saturated carbocycles. The summed E-state index contributed by atoms with van der Waals surface area (Å²) >= 11 is 0. The van der Waals surface area contributed by atoms with E-state index in [2.05, 4.69) is 10.6 Å². The van der Waals surface area contributed by atoms with E-state index in [0.29, 0.717) is 11.3 Å². The quantitative estimate of drug-likeness (QED) is 0.750. The second-order valence-corrected chi connectivity index (χ2v) is 5.59. The van der Waals surface area contributed by atoms with E-state index in [1.807, 2.05) is 27.7 Å². The van der Waals surface area contributed by atoms with Crippen molar-refractivity contribution in [2.45, 2.75) is 46.2 Å². The molecule has 1 aromatic rings. The zero-order valence-electron chi connectivity index (χ0n) is 13.1. The highest BCUT2D eigenvalue weighted by Crippen LogP contribution is 2.16. The average Bonchev–Trinajstić information content (AvgIpc) is 2.46. The Kier molecular flexibility index (Phi) is 6.37. The number of carbonyl (C=O) groups is 2. The highest BCUT2D eigenvalue weighted by atomic mass is 16.2. The van der Waals surface area contributed by atoms with Crippen LogP contribution < -0.4 is 16.4 Å². The lowest BCUT2D eigenvalue weighted by Gasteiger charge is -2.18. The first-order valence-electron chi connectivity index (χ1n) is 7.33. The summed E-state index contributed by atoms with van der Waals surface area (Å²) < 4.78 is 0. The molecule has 0 aliphatic carbocycles. The molecule has 0 aliphatic heterocycles. The molecule has 5 nitrogen and oxygen atoms in total. The largest absolute Gasteiger partial charge is 0.350 e. The van der Waals surface area contributed by atoms with Gasteiger partial charge in [-0.3, -0.25) is 9.59 Å². The van der Waals surface area contributed by atoms with Gasteiger partial charge in [-0.05, 0) is 31.4 Å². The van der Waals surface area contributed by atoms with Crippen molar-refractivity contribution in [1.82, 2.24) is 5.32 Å². The summed E-state index contributed by atoms with van der Waals surface area (Å²) in [5, 5.41) is 5.63. The molecule has 1 unspecified atom stereocenters. The zero-order chi connectivity index (χ0) is 16.0. The van der Waals surface area contributed by atoms with E-state index < -0.39 is 6.04 Å². The van der Waals surface area contributed by atoms with Crippen LogP contribution in [0, 0.1) is 5.92 Å². The number of anilines is 1. The molecule has 21 heavy (non-hydrogen) atoms. The Morgan fingerprint density at radius 2 is 1.81 bits per heavy atom. The molecule has 0 bridgehead atoms. The molecule has 5 heteroatoms. The van der Waals surface area contributed by atoms with Crippen LogP contribution in [0.25, 0.3) is 0 Å². The fourth-order valence-corrected chi connectivity index (χ4v) is 1.71. The smallest absolute Gasteiger partial charge is 0.253 e. The molecule has 1 rings (SSSR count). The van der Waals surface area contributed by atoms with Gasteiger partial charge in [0, 0.05) is 6.04 Å². The standard InChI is InChI=1S/C16H25N3O2/c1-5-11(4)18-15(20)12-8-6-7-9-13(12)19-16(21)14(17)10(2)3/h6-11,14H,5,17H2,1-4H3,(H,18,20)(H,19,21)/t11?,14-/m1/s1. The minimum absolute atomic E-state index is 0.0334. The Balaban J connectivity index is 2.89. The summed E-state index contributed by atoms with van der Waals surface area (Å²) in [6.07, 6.45) is 0.846. The van der Waals surface area contributed by atoms with Gasteiger partial charge < -0.3 is 16.4 Å². The van der Waals surface area contributed by atoms with Crippen molar-refractivity contribution < 1.29 is 9.59 Å². The molecular formula is C16H25N3O2. The van der Waals surface area contributed by atoms with Gasteiger partial charge >= 0.3 is 0 Å². The van der Waals surface area contributed by atoms with E-state index in [1.54, 1.807) is 24.3 Å². The fraction of sp³-hybridized carbons (Fsp3) is 0.500. The number of hydrogen-bond acceptors (Lipinski definition) is 3. The molecule has 2 amide bonds. The van der Waals surface area contributed by atoms with Gasteiger partial charge in [-0.1, -0.05) is 32.9 Å². The van der Waals surface area contributed by atoms with Crippen LogP contribution in [0.2, 0.25) is 0 Å². The maximum Gasteiger partial charge on any atom is 0.253 e. The van der Waals surface area contributed by atoms with Crippen molar-refractivity contribution in [2.24, 2.45) is 11.7 Å². The molecule has 0 saturated heterocycles. The monoisotopic (exact) mass is 291 g/mol. The SMILES string of the molecule is CCC(C)NC(=O)c1ccccc1NC(=O)[C@H](N)C(C)C. The third kappa shape index (κ3) is 4.86. The van der Waals surface area contributed by atoms with E-state index in [-0.39, 0.29) is 23.8 Å². The van der Waals surface area contributed by atoms with E-state index in [1.165, 1.54) is 0 Å². The number of amides is 2. The van der Waals surface area contributed by atoms with Gasteiger partial charge in [0.05, 0.1) is 17.3 Å². The van der Waals surface area contributed by atoms with E-state index in [9.17, 15) is 9.59 Å². The Hall–Kier alpha value is -1.88. The third-order valence-electron chi connectivity index (χ3n) is 3.44. The number of rotatable bonds is 6. The van der Waals surface area contributed by atoms with Gasteiger partial charge in [0.25, 0.3) is 5.91 Å². The van der Waals surface area contributed by atoms with E-state index in [0.717, 1.165) is 6.42 Å². The Labute approximate surface area is 126 Å². The van der Waals surface area contributed by atoms with Crippen LogP contribution in [0.5, 0.6) is 0 Å². The van der Waals surface area contributed by atoms with Crippen molar-refractivity contribution in [1.29, 1.82) is 0 Å². The van der Waals surface area contributed by atoms with Crippen molar-refractivity contribution >= 4 is 17.5 Å². The number of nitrogens with one attached hydrogen (secondary N) is 2. The summed E-state index contributed by atoms with van der Waals surface area (Å²) in [4.78, 5) is 24.3. The van der Waals surface area contributed by atoms with Crippen LogP contribution in [0.4, 0.5) is 5.69 Å². The topological polar surface area (TPSA) is 84.2 Å². The predicted octanol–water partition coefficient (Wildman–Crippen LogP) is 2.14. The first-order valence-corrected chi connectivity index (χ1v) is 7.33. The molecule has 4 N–H and O–H groups in total. The molecule has 0 fully saturated rings. The molecule has 0 spiro atoms. The third-order valence-corrected chi connectivity index (χ3v) is 3.44. The van der Waals surface area contributed by atoms with Crippen LogP contribution in [0.3, 0.4) is 0 Å². The first-order chi connectivity index (χ1) is 9.86. The van der Waals surface area contributed by atoms with Gasteiger partial charge in [-0.25, -0.2) is 0 Å². The summed E-state index contributed by atoms with van der Waals surface area (Å²) in [5.41, 5.74) is 6.76. The fourth-order valence-electron chi connectivity index (χ4n) is 1.71. The first kappa shape index (κ1) is 17.2. The molecule has 0 aliphatic rings. The molecule has 2 atom stereocenters. The van der Waals surface area contributed by atoms with Gasteiger partial charge in [-0.15, -0.1) is 0 Å². The summed E-state index contributed by atoms with van der Waals surface area (Å²) in [6, 6.07) is 6.42. The van der Waals surface area contributed by atoms with Crippen molar-refractivity contribution in [3.05, 3.63) is 29.8 Å². The number of carbonyl (C=O) groups excluding carboxylic acids is 2. The lowest BCUT2D eigenvalue weighted by Crippen LogP contribution is -2.40. The van der Waals surface area contributed by atoms with Gasteiger partial charge in [-0.2, -0.15) is 0 Å². The number of para-hydroxylation sites is 1. The highest BCUT2D eigenvalue weighted by Gasteiger charge is 2.20. The van der Waals surface area contributed by atoms with Crippen molar-refractivity contribution in [3.63, 3.8) is 0 Å². The lowest BCUT2D eigenvalue weighted by molar-refractivity contribution is -0.118. The molecule has 1 aromatic carbocycles. The predicted molar refractivity (Wildman–Crippen MR) is 85.1 cm³/mol. The average molecular weight is 291 g/mol. The Morgan fingerprint density at radius 1 is 1.19 bits per heavy atom. The van der Waals surface area contributed by atoms with E-state index in [4.69, 9.17) is 5.73 Å². The van der Waals surface area contributed by atoms with E-state index >= 15 is 0 Å². The minimum atomic E-state index is -0.601. The molecule has 0 radical (unpaired) electrons. The lowest BCUT2D eigenvalue weighted by atomic mass is 10.0. The number of benzene rings is 1. The van der Waals surface area contributed by atoms with Gasteiger partial charge in [0.1, 0.15) is 0 Å². The normalized spacial score (nSPS) is 13.6. The summed E-state index contributed by atoms with van der Waals surface area (Å²) in [7, 11) is 0. The number of hydrogen-bond donors (Lipinski definition) is 3. The van der Waals surface area contributed by atoms with Crippen LogP contribution in [-0.2, 0) is 4.79 Å². The van der Waals surface area contributed by atoms with Crippen molar-refractivity contribution in [3.8, 4) is 0 Å².